The maximum atomic E-state index is 12.6. The summed E-state index contributed by atoms with van der Waals surface area (Å²) in [5.41, 5.74) is 1.55. The largest absolute Gasteiger partial charge is 0.493 e. The number of rotatable bonds is 8. The standard InChI is InChI=1S/C24H16Cl2IN3O5/c1-34-22-10-15(8-16(12-28)24(31)29-17-4-7-19(25)20(26)11-17)9-21(27)23(22)35-13-14-2-5-18(6-3-14)30(32)33/h2-11H,13H2,1H3,(H,29,31)/b16-8+. The number of hydrogen-bond acceptors (Lipinski definition) is 6. The molecule has 0 saturated heterocycles. The van der Waals surface area contributed by atoms with Crippen LogP contribution in [0.3, 0.4) is 0 Å². The molecule has 0 saturated carbocycles. The maximum absolute atomic E-state index is 12.6. The molecule has 3 aromatic rings. The van der Waals surface area contributed by atoms with Crippen molar-refractivity contribution < 1.29 is 19.2 Å². The van der Waals surface area contributed by atoms with Gasteiger partial charge >= 0.3 is 0 Å². The molecule has 3 rings (SSSR count). The molecule has 0 aliphatic carbocycles. The van der Waals surface area contributed by atoms with E-state index in [1.165, 1.54) is 37.5 Å². The molecule has 0 radical (unpaired) electrons. The maximum Gasteiger partial charge on any atom is 0.269 e. The molecule has 8 nitrogen and oxygen atoms in total. The Morgan fingerprint density at radius 1 is 1.17 bits per heavy atom. The summed E-state index contributed by atoms with van der Waals surface area (Å²) >= 11 is 13.9. The topological polar surface area (TPSA) is 114 Å². The predicted molar refractivity (Wildman–Crippen MR) is 142 cm³/mol. The fourth-order valence-corrected chi connectivity index (χ4v) is 4.00. The molecule has 1 amide bonds. The number of hydrogen-bond donors (Lipinski definition) is 1. The highest BCUT2D eigenvalue weighted by Gasteiger charge is 2.15. The van der Waals surface area contributed by atoms with E-state index in [1.54, 1.807) is 30.3 Å². The van der Waals surface area contributed by atoms with Gasteiger partial charge in [-0.15, -0.1) is 0 Å². The van der Waals surface area contributed by atoms with E-state index < -0.39 is 10.8 Å². The lowest BCUT2D eigenvalue weighted by Gasteiger charge is -2.14. The first kappa shape index (κ1) is 26.3. The minimum atomic E-state index is -0.613. The van der Waals surface area contributed by atoms with Gasteiger partial charge in [-0.3, -0.25) is 14.9 Å². The van der Waals surface area contributed by atoms with Crippen LogP contribution in [0, 0.1) is 25.0 Å². The molecule has 0 heterocycles. The highest BCUT2D eigenvalue weighted by atomic mass is 127. The number of nitrogens with one attached hydrogen (secondary N) is 1. The molecule has 0 aliphatic rings. The Labute approximate surface area is 224 Å². The van der Waals surface area contributed by atoms with E-state index >= 15 is 0 Å². The smallest absolute Gasteiger partial charge is 0.269 e. The quantitative estimate of drug-likeness (QED) is 0.0989. The van der Waals surface area contributed by atoms with Crippen LogP contribution in [0.15, 0.2) is 60.2 Å². The van der Waals surface area contributed by atoms with Gasteiger partial charge in [0.05, 0.1) is 25.6 Å². The zero-order valence-corrected chi connectivity index (χ0v) is 21.7. The number of anilines is 1. The second-order valence-electron chi connectivity index (χ2n) is 7.00. The van der Waals surface area contributed by atoms with Gasteiger partial charge in [-0.05, 0) is 82.3 Å². The van der Waals surface area contributed by atoms with Crippen molar-refractivity contribution in [2.45, 2.75) is 6.61 Å². The third-order valence-corrected chi connectivity index (χ3v) is 6.18. The van der Waals surface area contributed by atoms with Crippen molar-refractivity contribution >= 4 is 69.2 Å². The Morgan fingerprint density at radius 3 is 2.49 bits per heavy atom. The van der Waals surface area contributed by atoms with Gasteiger partial charge in [-0.1, -0.05) is 23.2 Å². The number of nitriles is 1. The molecular formula is C24H16Cl2IN3O5. The molecule has 178 valence electrons. The molecule has 0 fully saturated rings. The summed E-state index contributed by atoms with van der Waals surface area (Å²) in [6.07, 6.45) is 1.43. The van der Waals surface area contributed by atoms with Crippen LogP contribution >= 0.6 is 45.8 Å². The van der Waals surface area contributed by atoms with Crippen molar-refractivity contribution in [3.63, 3.8) is 0 Å². The second kappa shape index (κ2) is 11.9. The van der Waals surface area contributed by atoms with Crippen molar-refractivity contribution in [1.82, 2.24) is 0 Å². The molecule has 11 heteroatoms. The summed E-state index contributed by atoms with van der Waals surface area (Å²) in [6, 6.07) is 15.9. The summed E-state index contributed by atoms with van der Waals surface area (Å²) in [5.74, 6) is 0.243. The first-order chi connectivity index (χ1) is 16.7. The normalized spacial score (nSPS) is 10.9. The Hall–Kier alpha value is -3.33. The van der Waals surface area contributed by atoms with Crippen molar-refractivity contribution in [2.24, 2.45) is 0 Å². The molecule has 1 N–H and O–H groups in total. The van der Waals surface area contributed by atoms with Gasteiger partial charge in [0.1, 0.15) is 18.2 Å². The van der Waals surface area contributed by atoms with Gasteiger partial charge in [-0.2, -0.15) is 5.26 Å². The molecule has 0 bridgehead atoms. The average molecular weight is 624 g/mol. The number of halogens is 3. The Kier molecular flexibility index (Phi) is 8.92. The van der Waals surface area contributed by atoms with Gasteiger partial charge in [0.2, 0.25) is 0 Å². The van der Waals surface area contributed by atoms with Crippen LogP contribution in [0.2, 0.25) is 10.0 Å². The molecular weight excluding hydrogens is 608 g/mol. The third-order valence-electron chi connectivity index (χ3n) is 4.64. The summed E-state index contributed by atoms with van der Waals surface area (Å²) in [4.78, 5) is 22.9. The molecule has 35 heavy (non-hydrogen) atoms. The number of non-ortho nitro benzene ring substituents is 1. The summed E-state index contributed by atoms with van der Waals surface area (Å²) < 4.78 is 12.0. The number of carbonyl (C=O) groups excluding carboxylic acids is 1. The number of methoxy groups -OCH3 is 1. The van der Waals surface area contributed by atoms with Crippen LogP contribution in [0.25, 0.3) is 6.08 Å². The molecule has 3 aromatic carbocycles. The van der Waals surface area contributed by atoms with E-state index in [4.69, 9.17) is 32.7 Å². The van der Waals surface area contributed by atoms with Crippen LogP contribution in [-0.2, 0) is 11.4 Å². The number of carbonyl (C=O) groups is 1. The van der Waals surface area contributed by atoms with Crippen molar-refractivity contribution in [3.8, 4) is 17.6 Å². The van der Waals surface area contributed by atoms with Gasteiger partial charge in [-0.25, -0.2) is 0 Å². The average Bonchev–Trinajstić information content (AvgIpc) is 2.84. The number of nitro groups is 1. The first-order valence-corrected chi connectivity index (χ1v) is 11.7. The van der Waals surface area contributed by atoms with Crippen molar-refractivity contribution in [3.05, 3.63) is 95.0 Å². The van der Waals surface area contributed by atoms with E-state index in [-0.39, 0.29) is 22.9 Å². The minimum absolute atomic E-state index is 0.00598. The molecule has 0 atom stereocenters. The first-order valence-electron chi connectivity index (χ1n) is 9.83. The number of nitro benzene ring substituents is 1. The Balaban J connectivity index is 1.79. The molecule has 0 spiro atoms. The van der Waals surface area contributed by atoms with Crippen molar-refractivity contribution in [2.75, 3.05) is 12.4 Å². The van der Waals surface area contributed by atoms with Crippen molar-refractivity contribution in [1.29, 1.82) is 5.26 Å². The SMILES string of the molecule is COc1cc(/C=C(\C#N)C(=O)Nc2ccc(Cl)c(Cl)c2)cc(I)c1OCc1ccc([N+](=O)[O-])cc1. The molecule has 0 aromatic heterocycles. The Morgan fingerprint density at radius 2 is 1.89 bits per heavy atom. The van der Waals surface area contributed by atoms with E-state index in [1.807, 2.05) is 6.07 Å². The predicted octanol–water partition coefficient (Wildman–Crippen LogP) is 6.64. The second-order valence-corrected chi connectivity index (χ2v) is 8.98. The third kappa shape index (κ3) is 6.85. The lowest BCUT2D eigenvalue weighted by molar-refractivity contribution is -0.384. The number of benzene rings is 3. The fourth-order valence-electron chi connectivity index (χ4n) is 2.92. The van der Waals surface area contributed by atoms with Crippen LogP contribution in [-0.4, -0.2) is 17.9 Å². The summed E-state index contributed by atoms with van der Waals surface area (Å²) in [7, 11) is 1.47. The lowest BCUT2D eigenvalue weighted by atomic mass is 10.1. The van der Waals surface area contributed by atoms with Gasteiger partial charge < -0.3 is 14.8 Å². The van der Waals surface area contributed by atoms with Crippen LogP contribution in [0.4, 0.5) is 11.4 Å². The van der Waals surface area contributed by atoms with Gasteiger partial charge in [0.15, 0.2) is 11.5 Å². The van der Waals surface area contributed by atoms with E-state index in [0.29, 0.717) is 31.3 Å². The highest BCUT2D eigenvalue weighted by molar-refractivity contribution is 14.1. The van der Waals surface area contributed by atoms with Crippen LogP contribution in [0.5, 0.6) is 11.5 Å². The number of amides is 1. The van der Waals surface area contributed by atoms with E-state index in [0.717, 1.165) is 5.56 Å². The summed E-state index contributed by atoms with van der Waals surface area (Å²) in [5, 5.41) is 23.6. The number of ether oxygens (including phenoxy) is 2. The van der Waals surface area contributed by atoms with Crippen LogP contribution in [0.1, 0.15) is 11.1 Å². The monoisotopic (exact) mass is 623 g/mol. The van der Waals surface area contributed by atoms with Gasteiger partial charge in [0, 0.05) is 17.8 Å². The molecule has 0 aliphatic heterocycles. The van der Waals surface area contributed by atoms with E-state index in [9.17, 15) is 20.2 Å². The van der Waals surface area contributed by atoms with Gasteiger partial charge in [0.25, 0.3) is 11.6 Å². The number of nitrogens with zero attached hydrogens (tertiary/aromatic N) is 2. The Bertz CT molecular complexity index is 1350. The summed E-state index contributed by atoms with van der Waals surface area (Å²) in [6.45, 7) is 0.162. The zero-order chi connectivity index (χ0) is 25.5. The zero-order valence-electron chi connectivity index (χ0n) is 18.1. The lowest BCUT2D eigenvalue weighted by Crippen LogP contribution is -2.13. The van der Waals surface area contributed by atoms with E-state index in [2.05, 4.69) is 27.9 Å². The highest BCUT2D eigenvalue weighted by Crippen LogP contribution is 2.35. The minimum Gasteiger partial charge on any atom is -0.493 e. The fraction of sp³-hybridized carbons (Fsp3) is 0.0833. The molecule has 0 unspecified atom stereocenters. The van der Waals surface area contributed by atoms with Crippen LogP contribution < -0.4 is 14.8 Å².